The van der Waals surface area contributed by atoms with Gasteiger partial charge in [-0.25, -0.2) is 9.78 Å². The highest BCUT2D eigenvalue weighted by Gasteiger charge is 2.39. The Morgan fingerprint density at radius 3 is 2.17 bits per heavy atom. The number of benzene rings is 1. The van der Waals surface area contributed by atoms with E-state index in [4.69, 9.17) is 19.2 Å². The van der Waals surface area contributed by atoms with E-state index in [1.165, 1.54) is 14.0 Å². The van der Waals surface area contributed by atoms with Crippen molar-refractivity contribution in [3.8, 4) is 0 Å². The van der Waals surface area contributed by atoms with Crippen LogP contribution in [-0.4, -0.2) is 149 Å². The molecule has 2 aliphatic rings. The van der Waals surface area contributed by atoms with E-state index in [2.05, 4.69) is 27.8 Å². The number of thiazole rings is 1. The number of hydrogen-bond acceptors (Lipinski definition) is 16. The summed E-state index contributed by atoms with van der Waals surface area (Å²) in [5.41, 5.74) is 0.824. The number of carbonyl (C=O) groups excluding carboxylic acids is 10. The molecule has 0 unspecified atom stereocenters. The summed E-state index contributed by atoms with van der Waals surface area (Å²) in [7, 11) is 3.27. The van der Waals surface area contributed by atoms with Crippen molar-refractivity contribution < 1.29 is 62.2 Å². The highest BCUT2D eigenvalue weighted by Crippen LogP contribution is 2.34. The third kappa shape index (κ3) is 21.4. The minimum Gasteiger partial charge on any atom is -0.469 e. The molecule has 20 nitrogen and oxygen atoms in total. The first-order valence-electron chi connectivity index (χ1n) is 29.1. The number of alkyl carbamates (subject to hydrolysis) is 1. The number of methoxy groups -OCH3 is 1. The summed E-state index contributed by atoms with van der Waals surface area (Å²) in [4.78, 5) is 141. The van der Waals surface area contributed by atoms with E-state index in [0.717, 1.165) is 53.3 Å². The molecule has 2 aliphatic heterocycles. The van der Waals surface area contributed by atoms with Gasteiger partial charge in [0.1, 0.15) is 16.3 Å². The highest BCUT2D eigenvalue weighted by molar-refractivity contribution is 7.09. The van der Waals surface area contributed by atoms with Crippen LogP contribution in [0.5, 0.6) is 0 Å². The summed E-state index contributed by atoms with van der Waals surface area (Å²) in [6.07, 6.45) is 5.07. The van der Waals surface area contributed by atoms with Gasteiger partial charge in [-0.05, 0) is 115 Å². The van der Waals surface area contributed by atoms with Crippen LogP contribution in [0.3, 0.4) is 0 Å². The molecule has 3 heterocycles. The monoisotopic (exact) mass is 1160 g/mol. The molecule has 454 valence electrons. The maximum atomic E-state index is 14.8. The highest BCUT2D eigenvalue weighted by atomic mass is 32.1. The number of unbranched alkanes of at least 4 members (excludes halogenated alkanes) is 1. The lowest BCUT2D eigenvalue weighted by atomic mass is 9.81. The third-order valence-corrected chi connectivity index (χ3v) is 16.3. The Morgan fingerprint density at radius 1 is 0.915 bits per heavy atom. The van der Waals surface area contributed by atoms with Crippen molar-refractivity contribution >= 4 is 70.5 Å². The number of likely N-dealkylation sites (tertiary alicyclic amines) is 1. The van der Waals surface area contributed by atoms with Crippen molar-refractivity contribution in [1.29, 1.82) is 0 Å². The zero-order valence-electron chi connectivity index (χ0n) is 50.6. The van der Waals surface area contributed by atoms with Crippen molar-refractivity contribution in [2.75, 3.05) is 40.3 Å². The number of piperidine rings is 1. The van der Waals surface area contributed by atoms with Crippen LogP contribution in [-0.2, 0) is 65.4 Å². The second kappa shape index (κ2) is 32.5. The molecule has 82 heavy (non-hydrogen) atoms. The zero-order valence-corrected chi connectivity index (χ0v) is 51.4. The fourth-order valence-electron chi connectivity index (χ4n) is 10.5. The quantitative estimate of drug-likeness (QED) is 0.0277. The number of likely N-dealkylation sites (N-methyl/N-ethyl adjacent to an activating group) is 1. The number of aromatic nitrogens is 1. The number of esters is 2. The Hall–Kier alpha value is -6.35. The number of rotatable bonds is 32. The summed E-state index contributed by atoms with van der Waals surface area (Å²) in [6.45, 7) is 21.7. The van der Waals surface area contributed by atoms with Gasteiger partial charge in [0.15, 0.2) is 17.7 Å². The van der Waals surface area contributed by atoms with Gasteiger partial charge in [-0.2, -0.15) is 0 Å². The Kier molecular flexibility index (Phi) is 27.0. The number of nitrogens with zero attached hydrogens (tertiary/aromatic N) is 4. The molecular formula is C61H91N7O13S. The number of Topliss-reactive ketones (excluding diaryl/α,β-unsaturated/α-hetero) is 2. The molecule has 0 aliphatic carbocycles. The molecule has 1 saturated heterocycles. The largest absolute Gasteiger partial charge is 0.469 e. The zero-order chi connectivity index (χ0) is 61.0. The van der Waals surface area contributed by atoms with E-state index >= 15 is 0 Å². The van der Waals surface area contributed by atoms with Crippen molar-refractivity contribution in [3.63, 3.8) is 0 Å². The van der Waals surface area contributed by atoms with Gasteiger partial charge >= 0.3 is 18.0 Å². The van der Waals surface area contributed by atoms with E-state index in [0.29, 0.717) is 42.3 Å². The fourth-order valence-corrected chi connectivity index (χ4v) is 11.3. The molecule has 4 rings (SSSR count). The molecule has 6 amide bonds. The average molecular weight is 1160 g/mol. The predicted molar refractivity (Wildman–Crippen MR) is 311 cm³/mol. The Morgan fingerprint density at radius 2 is 1.57 bits per heavy atom. The maximum Gasteiger partial charge on any atom is 0.407 e. The Bertz CT molecular complexity index is 2540. The molecule has 1 aromatic heterocycles. The van der Waals surface area contributed by atoms with Gasteiger partial charge in [0.25, 0.3) is 17.7 Å². The summed E-state index contributed by atoms with van der Waals surface area (Å²) in [6, 6.07) is 5.02. The van der Waals surface area contributed by atoms with Crippen LogP contribution in [0, 0.1) is 29.6 Å². The molecule has 0 bridgehead atoms. The van der Waals surface area contributed by atoms with Gasteiger partial charge in [0, 0.05) is 87.8 Å². The van der Waals surface area contributed by atoms with Crippen LogP contribution in [0.15, 0.2) is 41.8 Å². The molecule has 0 radical (unpaired) electrons. The molecule has 1 aromatic carbocycles. The average Bonchev–Trinajstić information content (AvgIpc) is 4.07. The summed E-state index contributed by atoms with van der Waals surface area (Å²) < 4.78 is 16.2. The van der Waals surface area contributed by atoms with E-state index < -0.39 is 83.3 Å². The van der Waals surface area contributed by atoms with Crippen LogP contribution < -0.4 is 16.0 Å². The van der Waals surface area contributed by atoms with E-state index in [9.17, 15) is 47.9 Å². The maximum absolute atomic E-state index is 14.8. The van der Waals surface area contributed by atoms with Crippen molar-refractivity contribution in [2.24, 2.45) is 29.6 Å². The van der Waals surface area contributed by atoms with E-state index in [-0.39, 0.29) is 99.1 Å². The number of hydrogen-bond donors (Lipinski definition) is 3. The van der Waals surface area contributed by atoms with Crippen LogP contribution in [0.2, 0.25) is 0 Å². The van der Waals surface area contributed by atoms with Crippen molar-refractivity contribution in [1.82, 2.24) is 35.6 Å². The SMILES string of the molecule is CC[C@H](C)[C@H](CC(=O)[C@H]1C[C@H](C)CCN1C)C(=O)N(CC)[C@H](C[C@@H](OC(C)=O)c1nc(C(=O)N[C@@H](Cc2ccc(CC(=O)[C@H](CCCCNC(=O)OC(C)(C)C)NC(=O)CCN3C(=O)C=CC3=O)cc2)C[C@H](C)C(=O)OC)cs1)C(C)C. The lowest BCUT2D eigenvalue weighted by Gasteiger charge is -2.39. The first-order chi connectivity index (χ1) is 38.6. The molecule has 0 spiro atoms. The van der Waals surface area contributed by atoms with Gasteiger partial charge in [0.05, 0.1) is 25.1 Å². The molecule has 0 saturated carbocycles. The Balaban J connectivity index is 1.49. The lowest BCUT2D eigenvalue weighted by Crippen LogP contribution is -2.50. The minimum absolute atomic E-state index is 0.0451. The molecule has 9 atom stereocenters. The van der Waals surface area contributed by atoms with Crippen molar-refractivity contribution in [3.05, 3.63) is 63.6 Å². The topological polar surface area (TPSA) is 257 Å². The number of amides is 6. The minimum atomic E-state index is -0.911. The lowest BCUT2D eigenvalue weighted by molar-refractivity contribution is -0.150. The normalized spacial score (nSPS) is 18.1. The standard InChI is InChI=1S/C61H91N7O13S/c1-14-39(6)45(34-51(71)49-30-38(5)25-28-66(49)12)58(76)67(15-2)48(37(3)4)35-52(80-41(8)69)57-65-47(36-82-57)56(75)63-44(31-40(7)59(77)79-13)32-42-19-21-43(22-20-42)33-50(70)46(18-16-17-27-62-60(78)81-61(9,10)11)64-53(72)26-29-68-54(73)23-24-55(68)74/h19-24,36-40,44-46,48-49,52H,14-18,25-35H2,1-13H3,(H,62,78)(H,63,75)(H,64,72)/t38-,39+,40+,44-,45+,46+,48-,49-,52-/m1/s1. The van der Waals surface area contributed by atoms with Crippen molar-refractivity contribution in [2.45, 2.75) is 189 Å². The van der Waals surface area contributed by atoms with Crippen LogP contribution >= 0.6 is 11.3 Å². The van der Waals surface area contributed by atoms with Gasteiger partial charge in [-0.3, -0.25) is 53.0 Å². The van der Waals surface area contributed by atoms with Gasteiger partial charge in [0.2, 0.25) is 11.8 Å². The smallest absolute Gasteiger partial charge is 0.407 e. The van der Waals surface area contributed by atoms with Crippen LogP contribution in [0.25, 0.3) is 0 Å². The van der Waals surface area contributed by atoms with Gasteiger partial charge in [-0.15, -0.1) is 11.3 Å². The number of imide groups is 1. The number of nitrogens with one attached hydrogen (secondary N) is 3. The van der Waals surface area contributed by atoms with E-state index in [1.54, 1.807) is 45.2 Å². The number of ketones is 2. The molecule has 21 heteroatoms. The Labute approximate surface area is 489 Å². The number of ether oxygens (including phenoxy) is 3. The first-order valence-corrected chi connectivity index (χ1v) is 30.0. The fraction of sp³-hybridized carbons (Fsp3) is 0.656. The summed E-state index contributed by atoms with van der Waals surface area (Å²) in [5, 5.41) is 10.5. The molecule has 2 aromatic rings. The van der Waals surface area contributed by atoms with Gasteiger partial charge < -0.3 is 35.1 Å². The molecular weight excluding hydrogens is 1070 g/mol. The number of carbonyl (C=O) groups is 10. The predicted octanol–water partition coefficient (Wildman–Crippen LogP) is 7.51. The summed E-state index contributed by atoms with van der Waals surface area (Å²) in [5.74, 6) is -4.27. The summed E-state index contributed by atoms with van der Waals surface area (Å²) >= 11 is 1.15. The van der Waals surface area contributed by atoms with Crippen LogP contribution in [0.4, 0.5) is 4.79 Å². The first kappa shape index (κ1) is 68.2. The third-order valence-electron chi connectivity index (χ3n) is 15.4. The molecule has 3 N–H and O–H groups in total. The van der Waals surface area contributed by atoms with Gasteiger partial charge in [-0.1, -0.05) is 72.2 Å². The second-order valence-corrected chi connectivity index (χ2v) is 24.5. The van der Waals surface area contributed by atoms with E-state index in [1.807, 2.05) is 58.7 Å². The van der Waals surface area contributed by atoms with Crippen LogP contribution in [0.1, 0.15) is 173 Å². The molecule has 1 fully saturated rings. The second-order valence-electron chi connectivity index (χ2n) is 23.6.